The molecule has 33 heavy (non-hydrogen) atoms. The molecule has 0 saturated carbocycles. The second kappa shape index (κ2) is 9.15. The number of aromatic hydroxyl groups is 1. The van der Waals surface area contributed by atoms with Gasteiger partial charge in [-0.1, -0.05) is 42.5 Å². The molecule has 7 N–H and O–H groups in total. The van der Waals surface area contributed by atoms with E-state index in [-0.39, 0.29) is 23.2 Å². The van der Waals surface area contributed by atoms with Crippen molar-refractivity contribution in [2.75, 3.05) is 11.1 Å². The fourth-order valence-electron chi connectivity index (χ4n) is 3.30. The van der Waals surface area contributed by atoms with Gasteiger partial charge in [-0.2, -0.15) is 0 Å². The maximum absolute atomic E-state index is 12.9. The zero-order valence-electron chi connectivity index (χ0n) is 17.6. The molecule has 0 unspecified atom stereocenters. The molecule has 164 valence electrons. The quantitative estimate of drug-likeness (QED) is 0.165. The van der Waals surface area contributed by atoms with E-state index >= 15 is 0 Å². The summed E-state index contributed by atoms with van der Waals surface area (Å²) in [6.07, 6.45) is 0. The zero-order chi connectivity index (χ0) is 23.4. The number of benzene rings is 4. The molecule has 7 nitrogen and oxygen atoms in total. The maximum atomic E-state index is 12.9. The summed E-state index contributed by atoms with van der Waals surface area (Å²) in [5.74, 6) is -0.135. The Morgan fingerprint density at radius 2 is 1.52 bits per heavy atom. The number of para-hydroxylation sites is 3. The summed E-state index contributed by atoms with van der Waals surface area (Å²) in [6.45, 7) is 0. The van der Waals surface area contributed by atoms with E-state index < -0.39 is 0 Å². The lowest BCUT2D eigenvalue weighted by Crippen LogP contribution is -2.12. The Balaban J connectivity index is 1.55. The van der Waals surface area contributed by atoms with Gasteiger partial charge in [-0.15, -0.1) is 0 Å². The van der Waals surface area contributed by atoms with Crippen LogP contribution in [0.2, 0.25) is 0 Å². The van der Waals surface area contributed by atoms with Crippen LogP contribution in [0.4, 0.5) is 11.4 Å². The Kier molecular flexibility index (Phi) is 5.95. The van der Waals surface area contributed by atoms with Crippen molar-refractivity contribution in [1.82, 2.24) is 0 Å². The fraction of sp³-hybridized carbons (Fsp3) is 0. The van der Waals surface area contributed by atoms with E-state index in [4.69, 9.17) is 21.6 Å². The van der Waals surface area contributed by atoms with Gasteiger partial charge in [-0.05, 0) is 54.1 Å². The minimum atomic E-state index is -0.319. The molecule has 4 aromatic carbocycles. The zero-order valence-corrected chi connectivity index (χ0v) is 17.6. The van der Waals surface area contributed by atoms with Gasteiger partial charge >= 0.3 is 0 Å². The predicted molar refractivity (Wildman–Crippen MR) is 130 cm³/mol. The molecule has 0 aromatic heterocycles. The van der Waals surface area contributed by atoms with E-state index in [0.717, 1.165) is 11.1 Å². The number of phenols is 1. The summed E-state index contributed by atoms with van der Waals surface area (Å²) < 4.78 is 5.83. The summed E-state index contributed by atoms with van der Waals surface area (Å²) in [5, 5.41) is 20.5. The number of rotatable bonds is 6. The van der Waals surface area contributed by atoms with Crippen molar-refractivity contribution in [1.29, 1.82) is 5.41 Å². The molecule has 0 bridgehead atoms. The van der Waals surface area contributed by atoms with Gasteiger partial charge in [0, 0.05) is 22.4 Å². The Bertz CT molecular complexity index is 1330. The molecule has 0 fully saturated rings. The highest BCUT2D eigenvalue weighted by Crippen LogP contribution is 2.35. The highest BCUT2D eigenvalue weighted by Gasteiger charge is 2.13. The second-order valence-corrected chi connectivity index (χ2v) is 7.31. The van der Waals surface area contributed by atoms with Gasteiger partial charge in [0.15, 0.2) is 17.2 Å². The Hall–Kier alpha value is -4.78. The maximum Gasteiger partial charge on any atom is 0.255 e. The number of ether oxygens (including phenoxy) is 1. The molecule has 4 rings (SSSR count). The largest absolute Gasteiger partial charge is 0.504 e. The topological polar surface area (TPSA) is 134 Å². The Labute approximate surface area is 190 Å². The van der Waals surface area contributed by atoms with E-state index in [1.54, 1.807) is 36.4 Å². The van der Waals surface area contributed by atoms with Gasteiger partial charge in [0.2, 0.25) is 0 Å². The molecule has 4 aromatic rings. The first-order valence-electron chi connectivity index (χ1n) is 10.1. The highest BCUT2D eigenvalue weighted by molar-refractivity contribution is 6.05. The molecule has 0 heterocycles. The minimum Gasteiger partial charge on any atom is -0.504 e. The Morgan fingerprint density at radius 1 is 0.848 bits per heavy atom. The summed E-state index contributed by atoms with van der Waals surface area (Å²) in [6, 6.07) is 25.9. The number of amidine groups is 1. The lowest BCUT2D eigenvalue weighted by Gasteiger charge is -2.14. The molecule has 0 aliphatic rings. The standard InChI is InChI=1S/C26H22N4O3/c27-20-6-2-1-5-19(20)16-9-11-17(12-10-16)26(32)30-21-7-3-4-8-23(21)33-24-15-18(25(28)29)13-14-22(24)31/h1-15,31H,27H2,(H3,28,29)(H,30,32). The smallest absolute Gasteiger partial charge is 0.255 e. The van der Waals surface area contributed by atoms with Gasteiger partial charge in [-0.25, -0.2) is 0 Å². The van der Waals surface area contributed by atoms with Crippen molar-refractivity contribution in [3.05, 3.63) is 102 Å². The summed E-state index contributed by atoms with van der Waals surface area (Å²) in [7, 11) is 0. The number of carbonyl (C=O) groups is 1. The van der Waals surface area contributed by atoms with Crippen molar-refractivity contribution in [2.45, 2.75) is 0 Å². The lowest BCUT2D eigenvalue weighted by atomic mass is 10.0. The lowest BCUT2D eigenvalue weighted by molar-refractivity contribution is 0.102. The van der Waals surface area contributed by atoms with E-state index in [1.807, 2.05) is 36.4 Å². The number of hydrogen-bond acceptors (Lipinski definition) is 5. The van der Waals surface area contributed by atoms with Crippen LogP contribution in [0.3, 0.4) is 0 Å². The summed E-state index contributed by atoms with van der Waals surface area (Å²) in [4.78, 5) is 12.9. The molecule has 0 saturated heterocycles. The van der Waals surface area contributed by atoms with E-state index in [0.29, 0.717) is 28.3 Å². The highest BCUT2D eigenvalue weighted by atomic mass is 16.5. The fourth-order valence-corrected chi connectivity index (χ4v) is 3.30. The van der Waals surface area contributed by atoms with E-state index in [2.05, 4.69) is 5.32 Å². The summed E-state index contributed by atoms with van der Waals surface area (Å²) >= 11 is 0. The van der Waals surface area contributed by atoms with Crippen LogP contribution in [0.25, 0.3) is 11.1 Å². The Morgan fingerprint density at radius 3 is 2.24 bits per heavy atom. The molecule has 7 heteroatoms. The van der Waals surface area contributed by atoms with Gasteiger partial charge in [-0.3, -0.25) is 10.2 Å². The number of amides is 1. The first kappa shape index (κ1) is 21.5. The number of nitrogens with one attached hydrogen (secondary N) is 2. The molecule has 0 radical (unpaired) electrons. The van der Waals surface area contributed by atoms with Crippen molar-refractivity contribution in [3.8, 4) is 28.4 Å². The SMILES string of the molecule is N=C(N)c1ccc(O)c(Oc2ccccc2NC(=O)c2ccc(-c3ccccc3N)cc2)c1. The predicted octanol–water partition coefficient (Wildman–Crippen LogP) is 4.97. The van der Waals surface area contributed by atoms with E-state index in [1.165, 1.54) is 18.2 Å². The third-order valence-corrected chi connectivity index (χ3v) is 5.04. The third-order valence-electron chi connectivity index (χ3n) is 5.04. The minimum absolute atomic E-state index is 0.114. The average Bonchev–Trinajstić information content (AvgIpc) is 2.82. The van der Waals surface area contributed by atoms with Crippen LogP contribution in [-0.4, -0.2) is 16.8 Å². The molecule has 0 spiro atoms. The number of nitrogens with two attached hydrogens (primary N) is 2. The van der Waals surface area contributed by atoms with Gasteiger partial charge in [0.05, 0.1) is 5.69 Å². The molecular formula is C26H22N4O3. The molecule has 1 amide bonds. The number of hydrogen-bond donors (Lipinski definition) is 5. The number of anilines is 2. The van der Waals surface area contributed by atoms with Crippen LogP contribution in [0.1, 0.15) is 15.9 Å². The first-order valence-corrected chi connectivity index (χ1v) is 10.1. The van der Waals surface area contributed by atoms with E-state index in [9.17, 15) is 9.90 Å². The van der Waals surface area contributed by atoms with Crippen molar-refractivity contribution < 1.29 is 14.6 Å². The normalized spacial score (nSPS) is 10.4. The molecular weight excluding hydrogens is 416 g/mol. The van der Waals surface area contributed by atoms with Gasteiger partial charge in [0.25, 0.3) is 5.91 Å². The van der Waals surface area contributed by atoms with Crippen LogP contribution in [-0.2, 0) is 0 Å². The molecule has 0 aliphatic heterocycles. The van der Waals surface area contributed by atoms with Crippen molar-refractivity contribution in [3.63, 3.8) is 0 Å². The van der Waals surface area contributed by atoms with Crippen molar-refractivity contribution in [2.24, 2.45) is 5.73 Å². The molecule has 0 atom stereocenters. The van der Waals surface area contributed by atoms with Crippen LogP contribution in [0, 0.1) is 5.41 Å². The molecule has 0 aliphatic carbocycles. The third kappa shape index (κ3) is 4.77. The number of phenolic OH excluding ortho intramolecular Hbond substituents is 1. The van der Waals surface area contributed by atoms with Crippen molar-refractivity contribution >= 4 is 23.1 Å². The van der Waals surface area contributed by atoms with Gasteiger partial charge < -0.3 is 26.6 Å². The second-order valence-electron chi connectivity index (χ2n) is 7.31. The number of carbonyl (C=O) groups excluding carboxylic acids is 1. The van der Waals surface area contributed by atoms with Crippen LogP contribution >= 0.6 is 0 Å². The first-order chi connectivity index (χ1) is 15.9. The van der Waals surface area contributed by atoms with Crippen LogP contribution in [0.5, 0.6) is 17.2 Å². The number of nitrogen functional groups attached to an aromatic ring is 2. The van der Waals surface area contributed by atoms with Gasteiger partial charge in [0.1, 0.15) is 5.84 Å². The summed E-state index contributed by atoms with van der Waals surface area (Å²) in [5.41, 5.74) is 15.3. The average molecular weight is 438 g/mol. The van der Waals surface area contributed by atoms with Crippen LogP contribution < -0.4 is 21.5 Å². The monoisotopic (exact) mass is 438 g/mol. The van der Waals surface area contributed by atoms with Crippen LogP contribution in [0.15, 0.2) is 91.0 Å².